The first kappa shape index (κ1) is 18.1. The van der Waals surface area contributed by atoms with E-state index in [0.717, 1.165) is 5.56 Å². The smallest absolute Gasteiger partial charge is 0.261 e. The van der Waals surface area contributed by atoms with Crippen LogP contribution in [0.5, 0.6) is 0 Å². The van der Waals surface area contributed by atoms with Crippen LogP contribution in [0.15, 0.2) is 71.8 Å². The average molecular weight is 413 g/mol. The summed E-state index contributed by atoms with van der Waals surface area (Å²) in [5.74, 6) is 0. The molecule has 0 unspecified atom stereocenters. The minimum Gasteiger partial charge on any atom is -0.296 e. The Bertz CT molecular complexity index is 1600. The Labute approximate surface area is 172 Å². The molecule has 0 aliphatic rings. The lowest BCUT2D eigenvalue weighted by atomic mass is 10.2. The number of benzene rings is 2. The zero-order valence-electron chi connectivity index (χ0n) is 15.9. The number of hydrogen-bond donors (Lipinski definition) is 1. The first-order valence-corrected chi connectivity index (χ1v) is 10.6. The molecule has 30 heavy (non-hydrogen) atoms. The van der Waals surface area contributed by atoms with Crippen LogP contribution in [0, 0.1) is 18.3 Å². The second-order valence-corrected chi connectivity index (χ2v) is 8.65. The molecule has 0 saturated heterocycles. The highest BCUT2D eigenvalue weighted by Gasteiger charge is 2.18. The normalized spacial score (nSPS) is 11.7. The molecule has 0 aliphatic heterocycles. The van der Waals surface area contributed by atoms with E-state index in [1.165, 1.54) is 0 Å². The van der Waals surface area contributed by atoms with E-state index in [9.17, 15) is 13.7 Å². The maximum Gasteiger partial charge on any atom is 0.261 e. The average Bonchev–Trinajstić information content (AvgIpc) is 3.04. The van der Waals surface area contributed by atoms with Gasteiger partial charge in [0.2, 0.25) is 0 Å². The van der Waals surface area contributed by atoms with E-state index in [-0.39, 0.29) is 4.90 Å². The Kier molecular flexibility index (Phi) is 3.94. The van der Waals surface area contributed by atoms with Gasteiger partial charge in [0.1, 0.15) is 17.1 Å². The third-order valence-electron chi connectivity index (χ3n) is 4.92. The molecule has 1 N–H and O–H groups in total. The van der Waals surface area contributed by atoms with E-state index in [1.54, 1.807) is 47.0 Å². The Morgan fingerprint density at radius 2 is 1.67 bits per heavy atom. The van der Waals surface area contributed by atoms with Crippen molar-refractivity contribution < 1.29 is 8.42 Å². The van der Waals surface area contributed by atoms with Gasteiger partial charge in [-0.15, -0.1) is 0 Å². The van der Waals surface area contributed by atoms with E-state index >= 15 is 0 Å². The quantitative estimate of drug-likeness (QED) is 0.482. The number of anilines is 1. The fraction of sp³-hybridized carbons (Fsp3) is 0.0455. The molecule has 0 fully saturated rings. The number of sulfonamides is 1. The Morgan fingerprint density at radius 3 is 2.37 bits per heavy atom. The minimum absolute atomic E-state index is 0.175. The van der Waals surface area contributed by atoms with Gasteiger partial charge in [-0.3, -0.25) is 9.12 Å². The summed E-state index contributed by atoms with van der Waals surface area (Å²) in [6.07, 6.45) is 1.62. The summed E-state index contributed by atoms with van der Waals surface area (Å²) in [6.45, 7) is 1.90. The van der Waals surface area contributed by atoms with Gasteiger partial charge < -0.3 is 0 Å². The number of aromatic nitrogens is 3. The van der Waals surface area contributed by atoms with Crippen molar-refractivity contribution in [1.29, 1.82) is 5.26 Å². The monoisotopic (exact) mass is 413 g/mol. The van der Waals surface area contributed by atoms with Crippen molar-refractivity contribution in [3.63, 3.8) is 0 Å². The van der Waals surface area contributed by atoms with Gasteiger partial charge in [0, 0.05) is 6.20 Å². The first-order valence-electron chi connectivity index (χ1n) is 9.16. The summed E-state index contributed by atoms with van der Waals surface area (Å²) in [4.78, 5) is 9.43. The number of para-hydroxylation sites is 2. The molecular weight excluding hydrogens is 398 g/mol. The molecular formula is C22H15N5O2S. The molecule has 0 saturated carbocycles. The first-order chi connectivity index (χ1) is 14.5. The lowest BCUT2D eigenvalue weighted by molar-refractivity contribution is 0.601. The zero-order valence-corrected chi connectivity index (χ0v) is 16.7. The van der Waals surface area contributed by atoms with Crippen molar-refractivity contribution in [2.45, 2.75) is 11.8 Å². The standard InChI is InChI=1S/C22H15N5O2S/c1-14-6-9-16(10-7-14)30(28,29)26-15-8-11-20-17(12-23)21-22(27(20)13-15)25-19-5-3-2-4-18(19)24-21/h2-11,13,26H,1H3. The maximum absolute atomic E-state index is 12.7. The number of rotatable bonds is 3. The molecule has 3 heterocycles. The van der Waals surface area contributed by atoms with Crippen molar-refractivity contribution in [1.82, 2.24) is 14.4 Å². The maximum atomic E-state index is 12.7. The Hall–Kier alpha value is -3.96. The minimum atomic E-state index is -3.75. The fourth-order valence-corrected chi connectivity index (χ4v) is 4.47. The summed E-state index contributed by atoms with van der Waals surface area (Å²) < 4.78 is 29.8. The molecule has 8 heteroatoms. The van der Waals surface area contributed by atoms with Crippen LogP contribution in [0.1, 0.15) is 11.1 Å². The summed E-state index contributed by atoms with van der Waals surface area (Å²) in [7, 11) is -3.75. The van der Waals surface area contributed by atoms with Crippen LogP contribution in [0.4, 0.5) is 5.69 Å². The molecule has 0 spiro atoms. The SMILES string of the molecule is Cc1ccc(S(=O)(=O)Nc2ccc3c(C#N)c4nc5ccccc5nc4n3c2)cc1. The van der Waals surface area contributed by atoms with Crippen molar-refractivity contribution in [2.75, 3.05) is 4.72 Å². The van der Waals surface area contributed by atoms with Crippen LogP contribution in [0.3, 0.4) is 0 Å². The van der Waals surface area contributed by atoms with Gasteiger partial charge in [-0.1, -0.05) is 29.8 Å². The van der Waals surface area contributed by atoms with Gasteiger partial charge >= 0.3 is 0 Å². The fourth-order valence-electron chi connectivity index (χ4n) is 3.43. The number of nitrogens with one attached hydrogen (secondary N) is 1. The molecule has 5 aromatic rings. The van der Waals surface area contributed by atoms with E-state index < -0.39 is 10.0 Å². The van der Waals surface area contributed by atoms with Crippen molar-refractivity contribution >= 4 is 43.4 Å². The molecule has 7 nitrogen and oxygen atoms in total. The third kappa shape index (κ3) is 2.84. The predicted molar refractivity (Wildman–Crippen MR) is 115 cm³/mol. The second kappa shape index (κ2) is 6.54. The highest BCUT2D eigenvalue weighted by atomic mass is 32.2. The van der Waals surface area contributed by atoms with Gasteiger partial charge in [-0.25, -0.2) is 18.4 Å². The number of pyridine rings is 1. The summed E-state index contributed by atoms with van der Waals surface area (Å²) in [5.41, 5.74) is 4.71. The Morgan fingerprint density at radius 1 is 0.967 bits per heavy atom. The van der Waals surface area contributed by atoms with E-state index in [2.05, 4.69) is 20.8 Å². The topological polar surface area (TPSA) is 100 Å². The molecule has 0 amide bonds. The predicted octanol–water partition coefficient (Wildman–Crippen LogP) is 4.02. The molecule has 5 rings (SSSR count). The lowest BCUT2D eigenvalue weighted by Gasteiger charge is -2.09. The lowest BCUT2D eigenvalue weighted by Crippen LogP contribution is -2.13. The number of aryl methyl sites for hydroxylation is 1. The molecule has 0 atom stereocenters. The number of hydrogen-bond acceptors (Lipinski definition) is 5. The van der Waals surface area contributed by atoms with Crippen LogP contribution >= 0.6 is 0 Å². The molecule has 2 aromatic carbocycles. The summed E-state index contributed by atoms with van der Waals surface area (Å²) in [5, 5.41) is 9.68. The molecule has 0 bridgehead atoms. The number of nitrogens with zero attached hydrogens (tertiary/aromatic N) is 4. The van der Waals surface area contributed by atoms with E-state index in [0.29, 0.717) is 39.0 Å². The van der Waals surface area contributed by atoms with E-state index in [1.807, 2.05) is 31.2 Å². The van der Waals surface area contributed by atoms with Gasteiger partial charge in [-0.2, -0.15) is 5.26 Å². The van der Waals surface area contributed by atoms with Crippen LogP contribution in [-0.2, 0) is 10.0 Å². The molecule has 3 aromatic heterocycles. The molecule has 146 valence electrons. The number of fused-ring (bicyclic) bond motifs is 4. The largest absolute Gasteiger partial charge is 0.296 e. The van der Waals surface area contributed by atoms with Crippen molar-refractivity contribution in [3.8, 4) is 6.07 Å². The van der Waals surface area contributed by atoms with Gasteiger partial charge in [0.05, 0.1) is 27.1 Å². The highest BCUT2D eigenvalue weighted by molar-refractivity contribution is 7.92. The number of nitriles is 1. The summed E-state index contributed by atoms with van der Waals surface area (Å²) >= 11 is 0. The van der Waals surface area contributed by atoms with Gasteiger partial charge in [0.25, 0.3) is 10.0 Å². The third-order valence-corrected chi connectivity index (χ3v) is 6.31. The molecule has 0 aliphatic carbocycles. The Balaban J connectivity index is 1.68. The second-order valence-electron chi connectivity index (χ2n) is 6.96. The van der Waals surface area contributed by atoms with Gasteiger partial charge in [0.15, 0.2) is 5.65 Å². The van der Waals surface area contributed by atoms with Crippen LogP contribution < -0.4 is 4.72 Å². The van der Waals surface area contributed by atoms with Crippen LogP contribution in [0.2, 0.25) is 0 Å². The van der Waals surface area contributed by atoms with Crippen LogP contribution in [0.25, 0.3) is 27.7 Å². The molecule has 0 radical (unpaired) electrons. The van der Waals surface area contributed by atoms with Crippen molar-refractivity contribution in [3.05, 3.63) is 78.0 Å². The van der Waals surface area contributed by atoms with Gasteiger partial charge in [-0.05, 0) is 43.3 Å². The van der Waals surface area contributed by atoms with E-state index in [4.69, 9.17) is 0 Å². The van der Waals surface area contributed by atoms with Crippen molar-refractivity contribution in [2.24, 2.45) is 0 Å². The zero-order chi connectivity index (χ0) is 20.9. The van der Waals surface area contributed by atoms with Crippen LogP contribution in [-0.4, -0.2) is 22.8 Å². The summed E-state index contributed by atoms with van der Waals surface area (Å²) in [6, 6.07) is 19.5. The highest BCUT2D eigenvalue weighted by Crippen LogP contribution is 2.27.